The van der Waals surface area contributed by atoms with Crippen molar-refractivity contribution in [3.63, 3.8) is 0 Å². The van der Waals surface area contributed by atoms with E-state index >= 15 is 0 Å². The van der Waals surface area contributed by atoms with Crippen LogP contribution in [0.3, 0.4) is 0 Å². The number of esters is 2. The normalized spacial score (nSPS) is 21.3. The summed E-state index contributed by atoms with van der Waals surface area (Å²) in [7, 11) is 0. The maximum absolute atomic E-state index is 12.3. The van der Waals surface area contributed by atoms with Crippen LogP contribution in [0.4, 0.5) is 0 Å². The topological polar surface area (TPSA) is 52.6 Å². The van der Waals surface area contributed by atoms with Crippen molar-refractivity contribution >= 4 is 18.0 Å². The van der Waals surface area contributed by atoms with Crippen molar-refractivity contribution in [1.29, 1.82) is 0 Å². The highest BCUT2D eigenvalue weighted by atomic mass is 16.6. The van der Waals surface area contributed by atoms with Gasteiger partial charge in [-0.3, -0.25) is 9.59 Å². The van der Waals surface area contributed by atoms with Gasteiger partial charge in [0.25, 0.3) is 0 Å². The van der Waals surface area contributed by atoms with Crippen molar-refractivity contribution in [3.8, 4) is 0 Å². The van der Waals surface area contributed by atoms with Crippen molar-refractivity contribution in [2.45, 2.75) is 40.0 Å². The number of cyclic esters (lactones) is 1. The van der Waals surface area contributed by atoms with Crippen LogP contribution in [0.25, 0.3) is 6.08 Å². The van der Waals surface area contributed by atoms with Crippen molar-refractivity contribution < 1.29 is 19.1 Å². The number of ether oxygens (including phenoxy) is 2. The molecule has 0 spiro atoms. The number of benzene rings is 1. The minimum absolute atomic E-state index is 0.259. The zero-order valence-corrected chi connectivity index (χ0v) is 14.1. The Morgan fingerprint density at radius 1 is 1.30 bits per heavy atom. The Labute approximate surface area is 137 Å². The molecule has 1 saturated heterocycles. The zero-order chi connectivity index (χ0) is 16.9. The Hall–Kier alpha value is -2.10. The quantitative estimate of drug-likeness (QED) is 0.615. The Morgan fingerprint density at radius 3 is 2.61 bits per heavy atom. The van der Waals surface area contributed by atoms with Gasteiger partial charge in [-0.2, -0.15) is 0 Å². The molecule has 4 nitrogen and oxygen atoms in total. The average Bonchev–Trinajstić information content (AvgIpc) is 2.48. The molecule has 23 heavy (non-hydrogen) atoms. The largest absolute Gasteiger partial charge is 0.465 e. The molecule has 1 aromatic carbocycles. The van der Waals surface area contributed by atoms with E-state index in [1.54, 1.807) is 6.92 Å². The summed E-state index contributed by atoms with van der Waals surface area (Å²) in [6.07, 6.45) is 5.28. The van der Waals surface area contributed by atoms with Crippen LogP contribution in [0.5, 0.6) is 0 Å². The SMILES string of the molecule is CCOC(=O)[C@]1(C/C=C/c2cc(C)cc(C)c2)CCCOC1=O. The minimum atomic E-state index is -1.19. The first-order chi connectivity index (χ1) is 11.0. The summed E-state index contributed by atoms with van der Waals surface area (Å²) in [6, 6.07) is 6.25. The number of carbonyl (C=O) groups is 2. The maximum Gasteiger partial charge on any atom is 0.323 e. The molecule has 2 rings (SSSR count). The van der Waals surface area contributed by atoms with Gasteiger partial charge in [0.1, 0.15) is 0 Å². The minimum Gasteiger partial charge on any atom is -0.465 e. The highest BCUT2D eigenvalue weighted by Crippen LogP contribution is 2.35. The molecule has 4 heteroatoms. The van der Waals surface area contributed by atoms with Crippen LogP contribution in [0.2, 0.25) is 0 Å². The number of carbonyl (C=O) groups excluding carboxylic acids is 2. The first-order valence-electron chi connectivity index (χ1n) is 8.07. The summed E-state index contributed by atoms with van der Waals surface area (Å²) in [5, 5.41) is 0. The predicted molar refractivity (Wildman–Crippen MR) is 88.8 cm³/mol. The number of hydrogen-bond donors (Lipinski definition) is 0. The molecule has 1 aliphatic heterocycles. The molecule has 1 aromatic rings. The Bertz CT molecular complexity index is 598. The summed E-state index contributed by atoms with van der Waals surface area (Å²) in [5.74, 6) is -0.943. The Morgan fingerprint density at radius 2 is 2.00 bits per heavy atom. The van der Waals surface area contributed by atoms with Gasteiger partial charge < -0.3 is 9.47 Å². The third kappa shape index (κ3) is 4.01. The van der Waals surface area contributed by atoms with Crippen molar-refractivity contribution in [3.05, 3.63) is 41.0 Å². The molecular weight excluding hydrogens is 292 g/mol. The smallest absolute Gasteiger partial charge is 0.323 e. The van der Waals surface area contributed by atoms with Crippen LogP contribution in [0, 0.1) is 19.3 Å². The van der Waals surface area contributed by atoms with Gasteiger partial charge in [0.15, 0.2) is 5.41 Å². The van der Waals surface area contributed by atoms with Gasteiger partial charge in [-0.15, -0.1) is 0 Å². The number of rotatable bonds is 5. The molecule has 0 amide bonds. The van der Waals surface area contributed by atoms with Crippen LogP contribution in [-0.4, -0.2) is 25.2 Å². The molecule has 0 saturated carbocycles. The van der Waals surface area contributed by atoms with Gasteiger partial charge in [0, 0.05) is 0 Å². The second kappa shape index (κ2) is 7.44. The first kappa shape index (κ1) is 17.3. The molecular formula is C19H24O4. The highest BCUT2D eigenvalue weighted by Gasteiger charge is 2.49. The summed E-state index contributed by atoms with van der Waals surface area (Å²) in [5.41, 5.74) is 2.23. The third-order valence-corrected chi connectivity index (χ3v) is 4.06. The first-order valence-corrected chi connectivity index (χ1v) is 8.07. The molecule has 0 aromatic heterocycles. The van der Waals surface area contributed by atoms with Crippen molar-refractivity contribution in [2.75, 3.05) is 13.2 Å². The van der Waals surface area contributed by atoms with Gasteiger partial charge in [-0.25, -0.2) is 0 Å². The lowest BCUT2D eigenvalue weighted by Gasteiger charge is -2.31. The lowest BCUT2D eigenvalue weighted by molar-refractivity contribution is -0.177. The molecule has 1 atom stereocenters. The zero-order valence-electron chi connectivity index (χ0n) is 14.1. The molecule has 0 N–H and O–H groups in total. The monoisotopic (exact) mass is 316 g/mol. The third-order valence-electron chi connectivity index (χ3n) is 4.06. The fraction of sp³-hybridized carbons (Fsp3) is 0.474. The van der Waals surface area contributed by atoms with Gasteiger partial charge in [0.2, 0.25) is 0 Å². The number of hydrogen-bond acceptors (Lipinski definition) is 4. The molecule has 1 aliphatic rings. The van der Waals surface area contributed by atoms with E-state index in [4.69, 9.17) is 9.47 Å². The van der Waals surface area contributed by atoms with Gasteiger partial charge in [-0.05, 0) is 45.6 Å². The lowest BCUT2D eigenvalue weighted by atomic mass is 9.78. The second-order valence-corrected chi connectivity index (χ2v) is 6.07. The molecule has 0 bridgehead atoms. The van der Waals surface area contributed by atoms with Gasteiger partial charge in [-0.1, -0.05) is 41.5 Å². The fourth-order valence-electron chi connectivity index (χ4n) is 3.00. The highest BCUT2D eigenvalue weighted by molar-refractivity contribution is 6.00. The van der Waals surface area contributed by atoms with E-state index in [0.29, 0.717) is 25.9 Å². The van der Waals surface area contributed by atoms with Gasteiger partial charge >= 0.3 is 11.9 Å². The molecule has 0 aliphatic carbocycles. The molecule has 0 radical (unpaired) electrons. The Balaban J connectivity index is 2.19. The Kier molecular flexibility index (Phi) is 5.59. The van der Waals surface area contributed by atoms with E-state index in [1.165, 1.54) is 11.1 Å². The number of allylic oxidation sites excluding steroid dienone is 1. The second-order valence-electron chi connectivity index (χ2n) is 6.07. The summed E-state index contributed by atoms with van der Waals surface area (Å²) in [4.78, 5) is 24.6. The van der Waals surface area contributed by atoms with E-state index < -0.39 is 17.4 Å². The summed E-state index contributed by atoms with van der Waals surface area (Å²) in [6.45, 7) is 6.46. The van der Waals surface area contributed by atoms with Crippen LogP contribution >= 0.6 is 0 Å². The molecule has 0 unspecified atom stereocenters. The molecule has 1 fully saturated rings. The predicted octanol–water partition coefficient (Wildman–Crippen LogP) is 3.59. The van der Waals surface area contributed by atoms with Crippen LogP contribution in [0.15, 0.2) is 24.3 Å². The number of aryl methyl sites for hydroxylation is 2. The van der Waals surface area contributed by atoms with Crippen LogP contribution in [-0.2, 0) is 19.1 Å². The van der Waals surface area contributed by atoms with Crippen LogP contribution in [0.1, 0.15) is 42.9 Å². The maximum atomic E-state index is 12.3. The van der Waals surface area contributed by atoms with Crippen LogP contribution < -0.4 is 0 Å². The summed E-state index contributed by atoms with van der Waals surface area (Å²) >= 11 is 0. The molecule has 124 valence electrons. The average molecular weight is 316 g/mol. The van der Waals surface area contributed by atoms with E-state index in [1.807, 2.05) is 26.0 Å². The van der Waals surface area contributed by atoms with Crippen molar-refractivity contribution in [2.24, 2.45) is 5.41 Å². The van der Waals surface area contributed by atoms with E-state index in [9.17, 15) is 9.59 Å². The fourth-order valence-corrected chi connectivity index (χ4v) is 3.00. The summed E-state index contributed by atoms with van der Waals surface area (Å²) < 4.78 is 10.3. The van der Waals surface area contributed by atoms with E-state index in [0.717, 1.165) is 5.56 Å². The van der Waals surface area contributed by atoms with Crippen molar-refractivity contribution in [1.82, 2.24) is 0 Å². The standard InChI is InChI=1S/C19H24O4/c1-4-22-17(20)19(9-6-10-23-18(19)21)8-5-7-16-12-14(2)11-15(3)13-16/h5,7,11-13H,4,6,8-10H2,1-3H3/b7-5+/t19-/m0/s1. The van der Waals surface area contributed by atoms with E-state index in [2.05, 4.69) is 18.2 Å². The van der Waals surface area contributed by atoms with Gasteiger partial charge in [0.05, 0.1) is 13.2 Å². The van der Waals surface area contributed by atoms with E-state index in [-0.39, 0.29) is 6.61 Å². The lowest BCUT2D eigenvalue weighted by Crippen LogP contribution is -2.44. The molecule has 1 heterocycles.